The van der Waals surface area contributed by atoms with Crippen LogP contribution in [0.5, 0.6) is 0 Å². The Hall–Kier alpha value is -0.640. The molecule has 0 radical (unpaired) electrons. The van der Waals surface area contributed by atoms with E-state index in [-0.39, 0.29) is 23.1 Å². The van der Waals surface area contributed by atoms with Crippen LogP contribution in [0, 0.1) is 5.92 Å². The Morgan fingerprint density at radius 1 is 1.64 bits per heavy atom. The molecule has 0 aliphatic carbocycles. The second kappa shape index (κ2) is 2.77. The molecule has 1 heterocycles. The van der Waals surface area contributed by atoms with Gasteiger partial charge in [-0.3, -0.25) is 0 Å². The summed E-state index contributed by atoms with van der Waals surface area (Å²) in [6, 6.07) is -0.192. The van der Waals surface area contributed by atoms with Gasteiger partial charge in [0.1, 0.15) is 6.04 Å². The van der Waals surface area contributed by atoms with Gasteiger partial charge in [-0.2, -0.15) is 0 Å². The molecule has 0 bridgehead atoms. The minimum atomic E-state index is -0.229. The molecule has 1 unspecified atom stereocenters. The van der Waals surface area contributed by atoms with E-state index in [1.165, 1.54) is 0 Å². The summed E-state index contributed by atoms with van der Waals surface area (Å²) in [7, 11) is 1.78. The summed E-state index contributed by atoms with van der Waals surface area (Å²) in [6.45, 7) is 3.94. The summed E-state index contributed by atoms with van der Waals surface area (Å²) in [5.74, 6) is 0.0143. The van der Waals surface area contributed by atoms with Gasteiger partial charge in [-0.25, -0.2) is 4.79 Å². The lowest BCUT2D eigenvalue weighted by atomic mass is 10.1. The second-order valence-electron chi connectivity index (χ2n) is 2.99. The number of hydrogen-bond donors (Lipinski definition) is 0. The van der Waals surface area contributed by atoms with Gasteiger partial charge in [-0.05, 0) is 18.1 Å². The monoisotopic (exact) mass is 173 g/mol. The first-order chi connectivity index (χ1) is 5.04. The van der Waals surface area contributed by atoms with Gasteiger partial charge in [0.2, 0.25) is 0 Å². The van der Waals surface area contributed by atoms with E-state index in [2.05, 4.69) is 0 Å². The third-order valence-corrected chi connectivity index (χ3v) is 2.14. The van der Waals surface area contributed by atoms with E-state index < -0.39 is 0 Å². The van der Waals surface area contributed by atoms with E-state index >= 15 is 0 Å². The van der Waals surface area contributed by atoms with Crippen molar-refractivity contribution in [3.63, 3.8) is 0 Å². The quantitative estimate of drug-likeness (QED) is 0.433. The number of hydrogen-bond acceptors (Lipinski definition) is 3. The first kappa shape index (κ1) is 8.46. The maximum Gasteiger partial charge on any atom is 0.336 e. The summed E-state index contributed by atoms with van der Waals surface area (Å²) in [6.07, 6.45) is 0. The van der Waals surface area contributed by atoms with Crippen molar-refractivity contribution >= 4 is 23.4 Å². The van der Waals surface area contributed by atoms with Crippen LogP contribution in [-0.4, -0.2) is 29.1 Å². The highest BCUT2D eigenvalue weighted by atomic mass is 32.1. The molecular formula is C7H11NO2S. The standard InChI is InChI=1S/C7H11NO2S/c1-4(2)5-6(9)10-7(11)8(5)3/h4-5H,1-3H3. The van der Waals surface area contributed by atoms with Crippen LogP contribution in [0.2, 0.25) is 0 Å². The third-order valence-electron chi connectivity index (χ3n) is 1.77. The predicted octanol–water partition coefficient (Wildman–Crippen LogP) is 0.784. The molecule has 1 aliphatic heterocycles. The highest BCUT2D eigenvalue weighted by Crippen LogP contribution is 2.18. The van der Waals surface area contributed by atoms with E-state index in [1.54, 1.807) is 11.9 Å². The number of thiocarbonyl (C=S) groups is 1. The van der Waals surface area contributed by atoms with Gasteiger partial charge in [0.15, 0.2) is 0 Å². The SMILES string of the molecule is CC(C)C1C(=O)OC(=S)N1C. The van der Waals surface area contributed by atoms with Crippen molar-refractivity contribution in [2.75, 3.05) is 7.05 Å². The van der Waals surface area contributed by atoms with Crippen LogP contribution in [0.1, 0.15) is 13.8 Å². The van der Waals surface area contributed by atoms with Gasteiger partial charge in [-0.1, -0.05) is 13.8 Å². The number of nitrogens with zero attached hydrogens (tertiary/aromatic N) is 1. The van der Waals surface area contributed by atoms with Gasteiger partial charge in [0, 0.05) is 7.05 Å². The van der Waals surface area contributed by atoms with E-state index in [4.69, 9.17) is 17.0 Å². The summed E-state index contributed by atoms with van der Waals surface area (Å²) in [5.41, 5.74) is 0. The summed E-state index contributed by atoms with van der Waals surface area (Å²) in [4.78, 5) is 12.8. The van der Waals surface area contributed by atoms with Crippen LogP contribution in [-0.2, 0) is 9.53 Å². The van der Waals surface area contributed by atoms with Crippen molar-refractivity contribution in [1.82, 2.24) is 4.90 Å². The van der Waals surface area contributed by atoms with Gasteiger partial charge in [-0.15, -0.1) is 0 Å². The molecule has 1 aliphatic rings. The fourth-order valence-corrected chi connectivity index (χ4v) is 1.41. The van der Waals surface area contributed by atoms with Crippen LogP contribution in [0.4, 0.5) is 0 Å². The molecule has 0 aromatic heterocycles. The number of rotatable bonds is 1. The molecule has 0 spiro atoms. The molecule has 0 aromatic rings. The zero-order valence-corrected chi connectivity index (χ0v) is 7.64. The summed E-state index contributed by atoms with van der Waals surface area (Å²) < 4.78 is 4.77. The first-order valence-electron chi connectivity index (χ1n) is 3.52. The van der Waals surface area contributed by atoms with Crippen molar-refractivity contribution in [2.24, 2.45) is 5.92 Å². The Balaban J connectivity index is 2.79. The van der Waals surface area contributed by atoms with Crippen LogP contribution in [0.15, 0.2) is 0 Å². The molecule has 1 saturated heterocycles. The lowest BCUT2D eigenvalue weighted by molar-refractivity contribution is -0.136. The van der Waals surface area contributed by atoms with E-state index in [9.17, 15) is 4.79 Å². The Kier molecular flexibility index (Phi) is 2.13. The zero-order valence-electron chi connectivity index (χ0n) is 6.83. The van der Waals surface area contributed by atoms with Crippen molar-refractivity contribution in [3.8, 4) is 0 Å². The normalized spacial score (nSPS) is 24.7. The van der Waals surface area contributed by atoms with Crippen LogP contribution < -0.4 is 0 Å². The molecule has 1 fully saturated rings. The Morgan fingerprint density at radius 2 is 2.18 bits per heavy atom. The zero-order chi connectivity index (χ0) is 8.59. The molecule has 1 rings (SSSR count). The van der Waals surface area contributed by atoms with Crippen molar-refractivity contribution in [1.29, 1.82) is 0 Å². The van der Waals surface area contributed by atoms with Crippen molar-refractivity contribution in [2.45, 2.75) is 19.9 Å². The maximum atomic E-state index is 11.1. The van der Waals surface area contributed by atoms with Crippen molar-refractivity contribution < 1.29 is 9.53 Å². The van der Waals surface area contributed by atoms with E-state index in [1.807, 2.05) is 13.8 Å². The molecule has 62 valence electrons. The number of esters is 1. The van der Waals surface area contributed by atoms with Crippen LogP contribution >= 0.6 is 12.2 Å². The molecule has 0 amide bonds. The molecule has 1 atom stereocenters. The Morgan fingerprint density at radius 3 is 2.36 bits per heavy atom. The number of cyclic esters (lactones) is 1. The van der Waals surface area contributed by atoms with Crippen molar-refractivity contribution in [3.05, 3.63) is 0 Å². The lowest BCUT2D eigenvalue weighted by Crippen LogP contribution is -2.35. The molecule has 0 aromatic carbocycles. The second-order valence-corrected chi connectivity index (χ2v) is 3.34. The topological polar surface area (TPSA) is 29.5 Å². The Labute approximate surface area is 71.3 Å². The lowest BCUT2D eigenvalue weighted by Gasteiger charge is -2.18. The highest BCUT2D eigenvalue weighted by molar-refractivity contribution is 7.80. The van der Waals surface area contributed by atoms with Crippen LogP contribution in [0.25, 0.3) is 0 Å². The Bertz CT molecular complexity index is 203. The largest absolute Gasteiger partial charge is 0.397 e. The molecule has 0 N–H and O–H groups in total. The minimum Gasteiger partial charge on any atom is -0.397 e. The highest BCUT2D eigenvalue weighted by Gasteiger charge is 2.37. The molecule has 4 heteroatoms. The fraction of sp³-hybridized carbons (Fsp3) is 0.714. The average Bonchev–Trinajstić information content (AvgIpc) is 2.07. The summed E-state index contributed by atoms with van der Waals surface area (Å²) >= 11 is 4.80. The van der Waals surface area contributed by atoms with Crippen LogP contribution in [0.3, 0.4) is 0 Å². The number of carbonyl (C=O) groups excluding carboxylic acids is 1. The van der Waals surface area contributed by atoms with E-state index in [0.29, 0.717) is 0 Å². The number of ether oxygens (including phenoxy) is 1. The predicted molar refractivity (Wildman–Crippen MR) is 45.1 cm³/mol. The number of likely N-dealkylation sites (N-methyl/N-ethyl adjacent to an activating group) is 1. The van der Waals surface area contributed by atoms with Gasteiger partial charge in [0.25, 0.3) is 5.17 Å². The average molecular weight is 173 g/mol. The third kappa shape index (κ3) is 1.35. The van der Waals surface area contributed by atoms with Gasteiger partial charge < -0.3 is 9.64 Å². The minimum absolute atomic E-state index is 0.192. The molecule has 3 nitrogen and oxygen atoms in total. The smallest absolute Gasteiger partial charge is 0.336 e. The maximum absolute atomic E-state index is 11.1. The van der Waals surface area contributed by atoms with E-state index in [0.717, 1.165) is 0 Å². The number of carbonyl (C=O) groups is 1. The van der Waals surface area contributed by atoms with Gasteiger partial charge in [0.05, 0.1) is 0 Å². The summed E-state index contributed by atoms with van der Waals surface area (Å²) in [5, 5.41) is 0.286. The molecular weight excluding hydrogens is 162 g/mol. The van der Waals surface area contributed by atoms with Gasteiger partial charge >= 0.3 is 5.97 Å². The molecule has 11 heavy (non-hydrogen) atoms. The molecule has 0 saturated carbocycles. The first-order valence-corrected chi connectivity index (χ1v) is 3.93. The fourth-order valence-electron chi connectivity index (χ4n) is 1.21.